The largest absolute Gasteiger partial charge is 0.409 e. The maximum absolute atomic E-state index is 8.55. The Balaban J connectivity index is 1.88. The van der Waals surface area contributed by atoms with Gasteiger partial charge in [0, 0.05) is 18.9 Å². The van der Waals surface area contributed by atoms with Gasteiger partial charge in [-0.25, -0.2) is 0 Å². The van der Waals surface area contributed by atoms with Crippen LogP contribution in [0.4, 0.5) is 0 Å². The summed E-state index contributed by atoms with van der Waals surface area (Å²) in [5, 5.41) is 11.6. The Labute approximate surface area is 120 Å². The van der Waals surface area contributed by atoms with E-state index in [1.54, 1.807) is 7.11 Å². The van der Waals surface area contributed by atoms with E-state index >= 15 is 0 Å². The number of nitrogens with zero attached hydrogens (tertiary/aromatic N) is 1. The van der Waals surface area contributed by atoms with Crippen LogP contribution in [0.25, 0.3) is 0 Å². The highest BCUT2D eigenvalue weighted by molar-refractivity contribution is 5.80. The lowest BCUT2D eigenvalue weighted by Crippen LogP contribution is -2.22. The van der Waals surface area contributed by atoms with Crippen LogP contribution in [0, 0.1) is 5.41 Å². The number of rotatable bonds is 13. The number of hydrogen-bond donors (Lipinski definition) is 2. The van der Waals surface area contributed by atoms with Gasteiger partial charge in [-0.2, -0.15) is 0 Å². The molecule has 1 fully saturated rings. The first-order valence-electron chi connectivity index (χ1n) is 6.91. The van der Waals surface area contributed by atoms with Crippen molar-refractivity contribution in [2.75, 3.05) is 53.4 Å². The molecule has 0 bridgehead atoms. The Morgan fingerprint density at radius 2 is 1.60 bits per heavy atom. The molecule has 7 heteroatoms. The van der Waals surface area contributed by atoms with E-state index in [4.69, 9.17) is 29.9 Å². The van der Waals surface area contributed by atoms with Crippen molar-refractivity contribution >= 4 is 5.84 Å². The first kappa shape index (κ1) is 17.2. The molecule has 3 N–H and O–H groups in total. The molecule has 7 nitrogen and oxygen atoms in total. The summed E-state index contributed by atoms with van der Waals surface area (Å²) in [4.78, 5) is 0. The summed E-state index contributed by atoms with van der Waals surface area (Å²) < 4.78 is 21.1. The Bertz CT molecular complexity index is 282. The van der Waals surface area contributed by atoms with Crippen molar-refractivity contribution in [3.05, 3.63) is 0 Å². The van der Waals surface area contributed by atoms with E-state index < -0.39 is 0 Å². The van der Waals surface area contributed by atoms with Crippen molar-refractivity contribution in [3.8, 4) is 0 Å². The van der Waals surface area contributed by atoms with Gasteiger partial charge in [-0.1, -0.05) is 5.16 Å². The number of amidine groups is 1. The third-order valence-corrected chi connectivity index (χ3v) is 3.23. The van der Waals surface area contributed by atoms with Crippen LogP contribution in [0.3, 0.4) is 0 Å². The Morgan fingerprint density at radius 3 is 2.10 bits per heavy atom. The first-order chi connectivity index (χ1) is 9.72. The second-order valence-corrected chi connectivity index (χ2v) is 5.04. The van der Waals surface area contributed by atoms with Gasteiger partial charge in [0.2, 0.25) is 0 Å². The molecule has 0 unspecified atom stereocenters. The molecular formula is C13H26N2O5. The molecule has 0 spiro atoms. The number of hydrogen-bond acceptors (Lipinski definition) is 6. The molecule has 0 saturated heterocycles. The van der Waals surface area contributed by atoms with Crippen LogP contribution in [0.2, 0.25) is 0 Å². The minimum absolute atomic E-state index is 0.0829. The van der Waals surface area contributed by atoms with Crippen molar-refractivity contribution in [2.45, 2.75) is 19.3 Å². The van der Waals surface area contributed by atoms with Crippen molar-refractivity contribution in [3.63, 3.8) is 0 Å². The maximum atomic E-state index is 8.55. The van der Waals surface area contributed by atoms with Crippen LogP contribution in [0.5, 0.6) is 0 Å². The van der Waals surface area contributed by atoms with Gasteiger partial charge >= 0.3 is 0 Å². The number of ether oxygens (including phenoxy) is 4. The number of nitrogens with two attached hydrogens (primary N) is 1. The van der Waals surface area contributed by atoms with Gasteiger partial charge in [0.25, 0.3) is 0 Å². The zero-order valence-electron chi connectivity index (χ0n) is 12.2. The third kappa shape index (κ3) is 7.64. The molecule has 0 radical (unpaired) electrons. The van der Waals surface area contributed by atoms with E-state index in [-0.39, 0.29) is 11.3 Å². The van der Waals surface area contributed by atoms with Gasteiger partial charge in [-0.15, -0.1) is 0 Å². The van der Waals surface area contributed by atoms with Crippen LogP contribution in [-0.4, -0.2) is 64.4 Å². The lowest BCUT2D eigenvalue weighted by atomic mass is 10.0. The molecule has 0 aromatic rings. The normalized spacial score (nSPS) is 17.4. The highest BCUT2D eigenvalue weighted by Crippen LogP contribution is 2.48. The van der Waals surface area contributed by atoms with Crippen molar-refractivity contribution in [1.82, 2.24) is 0 Å². The minimum Gasteiger partial charge on any atom is -0.409 e. The van der Waals surface area contributed by atoms with Gasteiger partial charge in [0.15, 0.2) is 0 Å². The highest BCUT2D eigenvalue weighted by Gasteiger charge is 2.43. The Hall–Kier alpha value is -0.890. The summed E-state index contributed by atoms with van der Waals surface area (Å²) >= 11 is 0. The zero-order chi connectivity index (χ0) is 14.7. The molecule has 0 atom stereocenters. The molecule has 1 saturated carbocycles. The number of oxime groups is 1. The van der Waals surface area contributed by atoms with E-state index in [0.29, 0.717) is 52.7 Å². The lowest BCUT2D eigenvalue weighted by molar-refractivity contribution is -0.00290. The van der Waals surface area contributed by atoms with Gasteiger partial charge in [0.1, 0.15) is 5.84 Å². The summed E-state index contributed by atoms with van der Waals surface area (Å²) in [7, 11) is 1.64. The van der Waals surface area contributed by atoms with Gasteiger partial charge in [0.05, 0.1) is 46.2 Å². The molecule has 0 heterocycles. The molecule has 0 amide bonds. The fourth-order valence-corrected chi connectivity index (χ4v) is 1.84. The molecule has 1 rings (SSSR count). The van der Waals surface area contributed by atoms with Gasteiger partial charge in [-0.3, -0.25) is 0 Å². The molecule has 0 aromatic heterocycles. The van der Waals surface area contributed by atoms with Crippen LogP contribution in [0.15, 0.2) is 5.16 Å². The summed E-state index contributed by atoms with van der Waals surface area (Å²) in [6, 6.07) is 0. The summed E-state index contributed by atoms with van der Waals surface area (Å²) in [6.07, 6.45) is 2.73. The molecular weight excluding hydrogens is 264 g/mol. The predicted octanol–water partition coefficient (Wildman–Crippen LogP) is 0.599. The average molecular weight is 290 g/mol. The Kier molecular flexibility index (Phi) is 8.52. The molecule has 1 aliphatic carbocycles. The summed E-state index contributed by atoms with van der Waals surface area (Å²) in [5.41, 5.74) is 5.60. The summed E-state index contributed by atoms with van der Waals surface area (Å²) in [5.74, 6) is 0.274. The van der Waals surface area contributed by atoms with E-state index in [1.807, 2.05) is 0 Å². The van der Waals surface area contributed by atoms with Crippen molar-refractivity contribution in [1.29, 1.82) is 0 Å². The predicted molar refractivity (Wildman–Crippen MR) is 74.0 cm³/mol. The SMILES string of the molecule is COCCOCCOCCOCC1(CC(N)=NO)CC1. The van der Waals surface area contributed by atoms with Crippen LogP contribution in [-0.2, 0) is 18.9 Å². The Morgan fingerprint density at radius 1 is 1.05 bits per heavy atom. The van der Waals surface area contributed by atoms with Crippen LogP contribution in [0.1, 0.15) is 19.3 Å². The van der Waals surface area contributed by atoms with Crippen molar-refractivity contribution in [2.24, 2.45) is 16.3 Å². The monoisotopic (exact) mass is 290 g/mol. The lowest BCUT2D eigenvalue weighted by Gasteiger charge is -2.14. The fourth-order valence-electron chi connectivity index (χ4n) is 1.84. The molecule has 20 heavy (non-hydrogen) atoms. The van der Waals surface area contributed by atoms with Crippen molar-refractivity contribution < 1.29 is 24.2 Å². The molecule has 1 aliphatic rings. The highest BCUT2D eigenvalue weighted by atomic mass is 16.6. The van der Waals surface area contributed by atoms with Gasteiger partial charge < -0.3 is 29.9 Å². The van der Waals surface area contributed by atoms with E-state index in [1.165, 1.54) is 0 Å². The molecule has 0 aromatic carbocycles. The topological polar surface area (TPSA) is 95.5 Å². The number of methoxy groups -OCH3 is 1. The van der Waals surface area contributed by atoms with Gasteiger partial charge in [-0.05, 0) is 12.8 Å². The molecule has 0 aliphatic heterocycles. The maximum Gasteiger partial charge on any atom is 0.139 e. The fraction of sp³-hybridized carbons (Fsp3) is 0.923. The molecule has 118 valence electrons. The zero-order valence-corrected chi connectivity index (χ0v) is 12.2. The summed E-state index contributed by atoms with van der Waals surface area (Å²) in [6.45, 7) is 4.05. The second-order valence-electron chi connectivity index (χ2n) is 5.04. The van der Waals surface area contributed by atoms with E-state index in [9.17, 15) is 0 Å². The quantitative estimate of drug-likeness (QED) is 0.169. The second kappa shape index (κ2) is 9.93. The minimum atomic E-state index is 0.0829. The average Bonchev–Trinajstić information content (AvgIpc) is 3.20. The van der Waals surface area contributed by atoms with E-state index in [0.717, 1.165) is 12.8 Å². The standard InChI is InChI=1S/C13H26N2O5/c1-17-4-5-18-6-7-19-8-9-20-11-13(2-3-13)10-12(14)15-16/h16H,2-11H2,1H3,(H2,14,15). The van der Waals surface area contributed by atoms with Crippen LogP contribution < -0.4 is 5.73 Å². The van der Waals surface area contributed by atoms with E-state index in [2.05, 4.69) is 5.16 Å². The third-order valence-electron chi connectivity index (χ3n) is 3.23. The van der Waals surface area contributed by atoms with Crippen LogP contribution >= 0.6 is 0 Å². The first-order valence-corrected chi connectivity index (χ1v) is 6.91. The smallest absolute Gasteiger partial charge is 0.139 e.